The molecule has 1 N–H and O–H groups in total. The highest BCUT2D eigenvalue weighted by atomic mass is 35.5. The van der Waals surface area contributed by atoms with Gasteiger partial charge < -0.3 is 5.32 Å². The molecular formula is C14H15ClN4S2. The summed E-state index contributed by atoms with van der Waals surface area (Å²) in [5, 5.41) is 10.0. The summed E-state index contributed by atoms with van der Waals surface area (Å²) in [6.45, 7) is 3.09. The Kier molecular flexibility index (Phi) is 4.37. The second-order valence-electron chi connectivity index (χ2n) is 4.69. The maximum atomic E-state index is 5.90. The van der Waals surface area contributed by atoms with E-state index in [9.17, 15) is 0 Å². The third-order valence-electron chi connectivity index (χ3n) is 3.13. The minimum atomic E-state index is 0.561. The average Bonchev–Trinajstić information content (AvgIpc) is 3.03. The van der Waals surface area contributed by atoms with Crippen molar-refractivity contribution in [1.29, 1.82) is 0 Å². The van der Waals surface area contributed by atoms with Crippen LogP contribution in [0.1, 0.15) is 6.92 Å². The Balaban J connectivity index is 1.79. The molecule has 0 spiro atoms. The van der Waals surface area contributed by atoms with Crippen LogP contribution in [0.2, 0.25) is 5.02 Å². The highest BCUT2D eigenvalue weighted by molar-refractivity contribution is 7.99. The fourth-order valence-electron chi connectivity index (χ4n) is 1.85. The maximum Gasteiger partial charge on any atom is 0.214 e. The van der Waals surface area contributed by atoms with E-state index in [1.807, 2.05) is 46.7 Å². The van der Waals surface area contributed by atoms with Gasteiger partial charge in [0.2, 0.25) is 10.1 Å². The zero-order chi connectivity index (χ0) is 14.8. The van der Waals surface area contributed by atoms with Crippen LogP contribution in [0.25, 0.3) is 16.2 Å². The SMILES string of the molecule is CSC(C)CNc1nn2cc(-c3ccc(Cl)cc3)nc2s1. The van der Waals surface area contributed by atoms with Crippen molar-refractivity contribution in [3.05, 3.63) is 35.5 Å². The Morgan fingerprint density at radius 2 is 2.14 bits per heavy atom. The van der Waals surface area contributed by atoms with Crippen LogP contribution in [0.4, 0.5) is 5.13 Å². The number of imidazole rings is 1. The van der Waals surface area contributed by atoms with Gasteiger partial charge in [0.1, 0.15) is 0 Å². The first-order valence-corrected chi connectivity index (χ1v) is 9.03. The molecule has 0 saturated heterocycles. The number of rotatable bonds is 5. The first-order chi connectivity index (χ1) is 10.2. The third kappa shape index (κ3) is 3.33. The fraction of sp³-hybridized carbons (Fsp3) is 0.286. The molecule has 110 valence electrons. The van der Waals surface area contributed by atoms with Crippen molar-refractivity contribution in [3.8, 4) is 11.3 Å². The van der Waals surface area contributed by atoms with Crippen molar-refractivity contribution in [2.75, 3.05) is 18.1 Å². The van der Waals surface area contributed by atoms with Gasteiger partial charge in [-0.3, -0.25) is 0 Å². The van der Waals surface area contributed by atoms with Crippen LogP contribution in [-0.4, -0.2) is 32.6 Å². The van der Waals surface area contributed by atoms with Gasteiger partial charge in [-0.25, -0.2) is 9.50 Å². The minimum Gasteiger partial charge on any atom is -0.359 e. The molecular weight excluding hydrogens is 324 g/mol. The molecule has 1 atom stereocenters. The van der Waals surface area contributed by atoms with E-state index in [1.54, 1.807) is 11.3 Å². The Labute approximate surface area is 136 Å². The topological polar surface area (TPSA) is 42.2 Å². The first kappa shape index (κ1) is 14.7. The van der Waals surface area contributed by atoms with E-state index in [1.165, 1.54) is 0 Å². The molecule has 0 fully saturated rings. The highest BCUT2D eigenvalue weighted by Gasteiger charge is 2.10. The average molecular weight is 339 g/mol. The number of hydrogen-bond acceptors (Lipinski definition) is 5. The normalized spacial score (nSPS) is 12.7. The lowest BCUT2D eigenvalue weighted by molar-refractivity contribution is 0.944. The monoisotopic (exact) mass is 338 g/mol. The van der Waals surface area contributed by atoms with Gasteiger partial charge in [0.25, 0.3) is 0 Å². The summed E-state index contributed by atoms with van der Waals surface area (Å²) in [5.74, 6) is 0. The molecule has 2 aromatic heterocycles. The predicted molar refractivity (Wildman–Crippen MR) is 92.8 cm³/mol. The van der Waals surface area contributed by atoms with Gasteiger partial charge in [-0.1, -0.05) is 42.0 Å². The number of hydrogen-bond donors (Lipinski definition) is 1. The first-order valence-electron chi connectivity index (χ1n) is 6.54. The number of nitrogens with one attached hydrogen (secondary N) is 1. The van der Waals surface area contributed by atoms with E-state index in [4.69, 9.17) is 11.6 Å². The highest BCUT2D eigenvalue weighted by Crippen LogP contribution is 2.25. The predicted octanol–water partition coefficient (Wildman–Crippen LogP) is 4.27. The standard InChI is InChI=1S/C14H15ClN4S2/c1-9(20-2)7-16-13-18-19-8-12(17-14(19)21-13)10-3-5-11(15)6-4-10/h3-6,8-9H,7H2,1-2H3,(H,16,18). The second kappa shape index (κ2) is 6.25. The molecule has 3 aromatic rings. The lowest BCUT2D eigenvalue weighted by atomic mass is 10.2. The van der Waals surface area contributed by atoms with E-state index in [0.717, 1.165) is 32.9 Å². The van der Waals surface area contributed by atoms with Crippen molar-refractivity contribution in [2.24, 2.45) is 0 Å². The Hall–Kier alpha value is -1.24. The van der Waals surface area contributed by atoms with Crippen LogP contribution in [-0.2, 0) is 0 Å². The van der Waals surface area contributed by atoms with Crippen molar-refractivity contribution in [3.63, 3.8) is 0 Å². The van der Waals surface area contributed by atoms with E-state index in [0.29, 0.717) is 5.25 Å². The van der Waals surface area contributed by atoms with Gasteiger partial charge in [-0.05, 0) is 18.4 Å². The van der Waals surface area contributed by atoms with Gasteiger partial charge in [-0.2, -0.15) is 11.8 Å². The summed E-state index contributed by atoms with van der Waals surface area (Å²) in [4.78, 5) is 5.50. The van der Waals surface area contributed by atoms with Gasteiger partial charge in [-0.15, -0.1) is 5.10 Å². The van der Waals surface area contributed by atoms with Gasteiger partial charge in [0, 0.05) is 22.4 Å². The zero-order valence-electron chi connectivity index (χ0n) is 11.7. The van der Waals surface area contributed by atoms with E-state index in [-0.39, 0.29) is 0 Å². The largest absolute Gasteiger partial charge is 0.359 e. The van der Waals surface area contributed by atoms with Crippen LogP contribution in [0.5, 0.6) is 0 Å². The van der Waals surface area contributed by atoms with Crippen LogP contribution in [0.15, 0.2) is 30.5 Å². The van der Waals surface area contributed by atoms with E-state index in [2.05, 4.69) is 28.6 Å². The molecule has 2 heterocycles. The lowest BCUT2D eigenvalue weighted by Crippen LogP contribution is -2.12. The van der Waals surface area contributed by atoms with Crippen molar-refractivity contribution in [1.82, 2.24) is 14.6 Å². The lowest BCUT2D eigenvalue weighted by Gasteiger charge is -2.07. The number of thioether (sulfide) groups is 1. The zero-order valence-corrected chi connectivity index (χ0v) is 14.1. The van der Waals surface area contributed by atoms with Crippen molar-refractivity contribution >= 4 is 44.8 Å². The summed E-state index contributed by atoms with van der Waals surface area (Å²) in [6.07, 6.45) is 4.05. The molecule has 1 aromatic carbocycles. The van der Waals surface area contributed by atoms with Crippen LogP contribution in [0, 0.1) is 0 Å². The summed E-state index contributed by atoms with van der Waals surface area (Å²) in [7, 11) is 0. The number of anilines is 1. The quantitative estimate of drug-likeness (QED) is 0.754. The Morgan fingerprint density at radius 1 is 1.38 bits per heavy atom. The van der Waals surface area contributed by atoms with Gasteiger partial charge in [0.05, 0.1) is 11.9 Å². The summed E-state index contributed by atoms with van der Waals surface area (Å²) in [6, 6.07) is 7.67. The molecule has 0 aliphatic rings. The van der Waals surface area contributed by atoms with Crippen molar-refractivity contribution in [2.45, 2.75) is 12.2 Å². The molecule has 3 rings (SSSR count). The van der Waals surface area contributed by atoms with E-state index >= 15 is 0 Å². The molecule has 0 bridgehead atoms. The third-order valence-corrected chi connectivity index (χ3v) is 5.23. The molecule has 4 nitrogen and oxygen atoms in total. The van der Waals surface area contributed by atoms with Crippen LogP contribution < -0.4 is 5.32 Å². The minimum absolute atomic E-state index is 0.561. The van der Waals surface area contributed by atoms with Gasteiger partial charge >= 0.3 is 0 Å². The van der Waals surface area contributed by atoms with Crippen molar-refractivity contribution < 1.29 is 0 Å². The molecule has 0 aliphatic heterocycles. The number of nitrogens with zero attached hydrogens (tertiary/aromatic N) is 3. The smallest absolute Gasteiger partial charge is 0.214 e. The number of aromatic nitrogens is 3. The van der Waals surface area contributed by atoms with Gasteiger partial charge in [0.15, 0.2) is 0 Å². The molecule has 0 saturated carbocycles. The molecule has 0 amide bonds. The second-order valence-corrected chi connectivity index (χ2v) is 7.36. The Bertz CT molecular complexity index is 704. The molecule has 1 unspecified atom stereocenters. The van der Waals surface area contributed by atoms with Crippen LogP contribution in [0.3, 0.4) is 0 Å². The molecule has 0 aliphatic carbocycles. The summed E-state index contributed by atoms with van der Waals surface area (Å²) < 4.78 is 1.82. The number of halogens is 1. The molecule has 0 radical (unpaired) electrons. The number of benzene rings is 1. The molecule has 21 heavy (non-hydrogen) atoms. The summed E-state index contributed by atoms with van der Waals surface area (Å²) in [5.41, 5.74) is 1.96. The summed E-state index contributed by atoms with van der Waals surface area (Å²) >= 11 is 9.30. The maximum absolute atomic E-state index is 5.90. The fourth-order valence-corrected chi connectivity index (χ4v) is 3.01. The molecule has 7 heteroatoms. The van der Waals surface area contributed by atoms with Crippen LogP contribution >= 0.6 is 34.7 Å². The number of fused-ring (bicyclic) bond motifs is 1. The van der Waals surface area contributed by atoms with E-state index < -0.39 is 0 Å². The Morgan fingerprint density at radius 3 is 2.81 bits per heavy atom.